The summed E-state index contributed by atoms with van der Waals surface area (Å²) in [5.41, 5.74) is 1.59. The fourth-order valence-corrected chi connectivity index (χ4v) is 4.17. The second kappa shape index (κ2) is 9.65. The highest BCUT2D eigenvalue weighted by Gasteiger charge is 2.25. The maximum absolute atomic E-state index is 12.7. The van der Waals surface area contributed by atoms with Crippen LogP contribution in [0, 0.1) is 5.92 Å². The number of halogens is 2. The molecule has 1 N–H and O–H groups in total. The summed E-state index contributed by atoms with van der Waals surface area (Å²) in [4.78, 5) is 12.7. The Kier molecular flexibility index (Phi) is 7.22. The number of hydrogen-bond acceptors (Lipinski definition) is 4. The molecule has 0 aliphatic carbocycles. The number of nitrogens with one attached hydrogen (secondary N) is 1. The van der Waals surface area contributed by atoms with Gasteiger partial charge < -0.3 is 9.88 Å². The second-order valence-electron chi connectivity index (χ2n) is 6.98. The van der Waals surface area contributed by atoms with Crippen LogP contribution in [0.5, 0.6) is 0 Å². The lowest BCUT2D eigenvalue weighted by molar-refractivity contribution is 0.0922. The molecule has 0 bridgehead atoms. The van der Waals surface area contributed by atoms with E-state index in [4.69, 9.17) is 23.2 Å². The summed E-state index contributed by atoms with van der Waals surface area (Å²) in [7, 11) is 1.91. The van der Waals surface area contributed by atoms with Crippen LogP contribution in [-0.2, 0) is 12.8 Å². The summed E-state index contributed by atoms with van der Waals surface area (Å²) in [5.74, 6) is 1.36. The SMILES string of the molecule is CC(C)C(NC(=O)c1ccc(Cl)cc1)c1nnc(SCc2ccccc2Cl)n1C. The van der Waals surface area contributed by atoms with Crippen molar-refractivity contribution in [2.24, 2.45) is 13.0 Å². The van der Waals surface area contributed by atoms with Crippen molar-refractivity contribution in [3.05, 3.63) is 75.5 Å². The van der Waals surface area contributed by atoms with E-state index in [1.807, 2.05) is 49.7 Å². The predicted octanol–water partition coefficient (Wildman–Crippen LogP) is 5.54. The molecule has 0 spiro atoms. The number of nitrogens with zero attached hydrogens (tertiary/aromatic N) is 3. The summed E-state index contributed by atoms with van der Waals surface area (Å²) in [6.45, 7) is 4.08. The predicted molar refractivity (Wildman–Crippen MR) is 119 cm³/mol. The highest BCUT2D eigenvalue weighted by molar-refractivity contribution is 7.98. The first-order valence-corrected chi connectivity index (χ1v) is 10.9. The van der Waals surface area contributed by atoms with Gasteiger partial charge in [0.1, 0.15) is 0 Å². The quantitative estimate of drug-likeness (QED) is 0.481. The minimum absolute atomic E-state index is 0.135. The third kappa shape index (κ3) is 5.32. The molecule has 5 nitrogen and oxygen atoms in total. The second-order valence-corrected chi connectivity index (χ2v) is 8.77. The fraction of sp³-hybridized carbons (Fsp3) is 0.286. The smallest absolute Gasteiger partial charge is 0.251 e. The van der Waals surface area contributed by atoms with E-state index >= 15 is 0 Å². The lowest BCUT2D eigenvalue weighted by atomic mass is 10.0. The van der Waals surface area contributed by atoms with Crippen LogP contribution < -0.4 is 5.32 Å². The zero-order valence-corrected chi connectivity index (χ0v) is 18.7. The van der Waals surface area contributed by atoms with Crippen molar-refractivity contribution in [2.45, 2.75) is 30.8 Å². The highest BCUT2D eigenvalue weighted by atomic mass is 35.5. The van der Waals surface area contributed by atoms with Gasteiger partial charge in [-0.25, -0.2) is 0 Å². The summed E-state index contributed by atoms with van der Waals surface area (Å²) >= 11 is 13.7. The lowest BCUT2D eigenvalue weighted by Gasteiger charge is -2.21. The van der Waals surface area contributed by atoms with Gasteiger partial charge in [-0.05, 0) is 41.8 Å². The van der Waals surface area contributed by atoms with E-state index in [-0.39, 0.29) is 17.9 Å². The van der Waals surface area contributed by atoms with Gasteiger partial charge in [-0.15, -0.1) is 10.2 Å². The third-order valence-corrected chi connectivity index (χ3v) is 6.21. The van der Waals surface area contributed by atoms with Crippen molar-refractivity contribution in [1.29, 1.82) is 0 Å². The van der Waals surface area contributed by atoms with Crippen LogP contribution in [0.25, 0.3) is 0 Å². The van der Waals surface area contributed by atoms with Crippen LogP contribution in [0.1, 0.15) is 41.6 Å². The van der Waals surface area contributed by atoms with Crippen LogP contribution in [0.15, 0.2) is 53.7 Å². The van der Waals surface area contributed by atoms with Crippen molar-refractivity contribution >= 4 is 40.9 Å². The largest absolute Gasteiger partial charge is 0.342 e. The molecule has 0 radical (unpaired) electrons. The number of amides is 1. The Balaban J connectivity index is 1.75. The summed E-state index contributed by atoms with van der Waals surface area (Å²) in [5, 5.41) is 13.8. The van der Waals surface area contributed by atoms with E-state index in [0.717, 1.165) is 15.7 Å². The first-order valence-electron chi connectivity index (χ1n) is 9.18. The number of benzene rings is 2. The average molecular weight is 449 g/mol. The van der Waals surface area contributed by atoms with E-state index < -0.39 is 0 Å². The Bertz CT molecular complexity index is 989. The van der Waals surface area contributed by atoms with Gasteiger partial charge in [0.15, 0.2) is 11.0 Å². The van der Waals surface area contributed by atoms with Gasteiger partial charge in [0.05, 0.1) is 6.04 Å². The average Bonchev–Trinajstić information content (AvgIpc) is 3.06. The minimum atomic E-state index is -0.273. The molecule has 1 aromatic heterocycles. The van der Waals surface area contributed by atoms with Gasteiger partial charge >= 0.3 is 0 Å². The molecule has 152 valence electrons. The van der Waals surface area contributed by atoms with Gasteiger partial charge in [-0.1, -0.05) is 67.0 Å². The normalized spacial score (nSPS) is 12.2. The highest BCUT2D eigenvalue weighted by Crippen LogP contribution is 2.28. The molecular formula is C21H22Cl2N4OS. The number of carbonyl (C=O) groups is 1. The Morgan fingerprint density at radius 1 is 1.10 bits per heavy atom. The van der Waals surface area contributed by atoms with E-state index in [2.05, 4.69) is 15.5 Å². The molecule has 0 fully saturated rings. The molecule has 1 unspecified atom stereocenters. The van der Waals surface area contributed by atoms with Crippen molar-refractivity contribution < 1.29 is 4.79 Å². The number of aromatic nitrogens is 3. The number of carbonyl (C=O) groups excluding carboxylic acids is 1. The van der Waals surface area contributed by atoms with Gasteiger partial charge in [-0.2, -0.15) is 0 Å². The van der Waals surface area contributed by atoms with Crippen LogP contribution in [0.2, 0.25) is 10.0 Å². The monoisotopic (exact) mass is 448 g/mol. The number of thioether (sulfide) groups is 1. The van der Waals surface area contributed by atoms with E-state index in [1.165, 1.54) is 0 Å². The van der Waals surface area contributed by atoms with Gasteiger partial charge in [-0.3, -0.25) is 4.79 Å². The topological polar surface area (TPSA) is 59.8 Å². The van der Waals surface area contributed by atoms with Gasteiger partial charge in [0.2, 0.25) is 0 Å². The van der Waals surface area contributed by atoms with E-state index in [9.17, 15) is 4.79 Å². The first-order chi connectivity index (χ1) is 13.9. The molecule has 29 heavy (non-hydrogen) atoms. The molecule has 3 rings (SSSR count). The molecule has 1 heterocycles. The zero-order chi connectivity index (χ0) is 21.0. The molecule has 8 heteroatoms. The number of rotatable bonds is 7. The Morgan fingerprint density at radius 2 is 1.79 bits per heavy atom. The van der Waals surface area contributed by atoms with Crippen LogP contribution >= 0.6 is 35.0 Å². The molecule has 1 amide bonds. The molecule has 0 aliphatic heterocycles. The van der Waals surface area contributed by atoms with Crippen molar-refractivity contribution in [3.8, 4) is 0 Å². The molecule has 0 saturated heterocycles. The fourth-order valence-electron chi connectivity index (χ4n) is 2.84. The lowest BCUT2D eigenvalue weighted by Crippen LogP contribution is -2.33. The van der Waals surface area contributed by atoms with Crippen molar-refractivity contribution in [2.75, 3.05) is 0 Å². The van der Waals surface area contributed by atoms with Crippen LogP contribution in [0.4, 0.5) is 0 Å². The molecule has 1 atom stereocenters. The summed E-state index contributed by atoms with van der Waals surface area (Å²) in [6, 6.07) is 14.3. The maximum Gasteiger partial charge on any atom is 0.251 e. The van der Waals surface area contributed by atoms with E-state index in [1.54, 1.807) is 36.0 Å². The van der Waals surface area contributed by atoms with Gasteiger partial charge in [0.25, 0.3) is 5.91 Å². The van der Waals surface area contributed by atoms with Crippen LogP contribution in [-0.4, -0.2) is 20.7 Å². The van der Waals surface area contributed by atoms with Crippen LogP contribution in [0.3, 0.4) is 0 Å². The third-order valence-electron chi connectivity index (χ3n) is 4.52. The summed E-state index contributed by atoms with van der Waals surface area (Å²) < 4.78 is 1.92. The Hall–Kier alpha value is -2.02. The summed E-state index contributed by atoms with van der Waals surface area (Å²) in [6.07, 6.45) is 0. The number of hydrogen-bond donors (Lipinski definition) is 1. The van der Waals surface area contributed by atoms with Crippen molar-refractivity contribution in [1.82, 2.24) is 20.1 Å². The first kappa shape index (κ1) is 21.7. The Labute approximate surface area is 184 Å². The Morgan fingerprint density at radius 3 is 2.45 bits per heavy atom. The molecule has 0 aliphatic rings. The van der Waals surface area contributed by atoms with Gasteiger partial charge in [0, 0.05) is 28.4 Å². The standard InChI is InChI=1S/C21H22Cl2N4OS/c1-13(2)18(24-20(28)14-8-10-16(22)11-9-14)19-25-26-21(27(19)3)29-12-15-6-4-5-7-17(15)23/h4-11,13,18H,12H2,1-3H3,(H,24,28). The van der Waals surface area contributed by atoms with E-state index in [0.29, 0.717) is 22.2 Å². The minimum Gasteiger partial charge on any atom is -0.342 e. The van der Waals surface area contributed by atoms with Crippen molar-refractivity contribution in [3.63, 3.8) is 0 Å². The molecule has 0 saturated carbocycles. The molecule has 3 aromatic rings. The maximum atomic E-state index is 12.7. The molecule has 2 aromatic carbocycles. The molecular weight excluding hydrogens is 427 g/mol. The zero-order valence-electron chi connectivity index (χ0n) is 16.4.